The van der Waals surface area contributed by atoms with E-state index in [4.69, 9.17) is 9.72 Å². The van der Waals surface area contributed by atoms with Gasteiger partial charge in [-0.1, -0.05) is 55.8 Å². The summed E-state index contributed by atoms with van der Waals surface area (Å²) in [6.07, 6.45) is 1.77. The molecule has 0 spiro atoms. The third-order valence-corrected chi connectivity index (χ3v) is 5.36. The van der Waals surface area contributed by atoms with Crippen LogP contribution in [0.5, 0.6) is 0 Å². The smallest absolute Gasteiger partial charge is 0.321 e. The summed E-state index contributed by atoms with van der Waals surface area (Å²) in [5.41, 5.74) is 2.60. The molecule has 2 heterocycles. The first kappa shape index (κ1) is 19.2. The van der Waals surface area contributed by atoms with E-state index in [-0.39, 0.29) is 12.5 Å². The summed E-state index contributed by atoms with van der Waals surface area (Å²) < 4.78 is 7.37. The second kappa shape index (κ2) is 8.07. The first-order valence-corrected chi connectivity index (χ1v) is 10.2. The molecule has 3 aromatic rings. The molecule has 0 N–H and O–H groups in total. The van der Waals surface area contributed by atoms with Crippen molar-refractivity contribution < 1.29 is 14.3 Å². The van der Waals surface area contributed by atoms with Gasteiger partial charge in [-0.25, -0.2) is 4.98 Å². The number of benzene rings is 2. The van der Waals surface area contributed by atoms with Gasteiger partial charge in [-0.2, -0.15) is 0 Å². The molecule has 0 radical (unpaired) electrons. The molecule has 6 heteroatoms. The molecule has 0 bridgehead atoms. The monoisotopic (exact) mass is 391 g/mol. The van der Waals surface area contributed by atoms with Crippen LogP contribution >= 0.6 is 0 Å². The van der Waals surface area contributed by atoms with Gasteiger partial charge in [0.15, 0.2) is 5.92 Å². The van der Waals surface area contributed by atoms with Crippen molar-refractivity contribution in [2.24, 2.45) is 5.92 Å². The van der Waals surface area contributed by atoms with Gasteiger partial charge in [0.25, 0.3) is 0 Å². The predicted molar refractivity (Wildman–Crippen MR) is 112 cm³/mol. The normalized spacial score (nSPS) is 18.7. The number of carbonyl (C=O) groups excluding carboxylic acids is 2. The molecule has 29 heavy (non-hydrogen) atoms. The van der Waals surface area contributed by atoms with Crippen LogP contribution in [0.4, 0.5) is 5.95 Å². The lowest BCUT2D eigenvalue weighted by atomic mass is 9.89. The molecular formula is C23H25N3O3. The molecule has 0 aliphatic carbocycles. The highest BCUT2D eigenvalue weighted by atomic mass is 16.5. The Bertz CT molecular complexity index is 1030. The number of ether oxygens (including phenoxy) is 1. The highest BCUT2D eigenvalue weighted by Gasteiger charge is 2.47. The highest BCUT2D eigenvalue weighted by molar-refractivity contribution is 6.08. The number of rotatable bonds is 6. The van der Waals surface area contributed by atoms with Gasteiger partial charge < -0.3 is 9.30 Å². The standard InChI is InChI=1S/C23H25N3O3/c1-3-5-15-25-21(27)19(22(28)29-4-2)20(16-11-7-6-8-12-16)26-18-14-10-9-13-17(18)24-23(25)26/h6-14,19-20H,3-5,15H2,1-2H3/t19-,20+/m1/s1. The van der Waals surface area contributed by atoms with Crippen LogP contribution in [-0.2, 0) is 14.3 Å². The van der Waals surface area contributed by atoms with Gasteiger partial charge in [-0.3, -0.25) is 14.5 Å². The Morgan fingerprint density at radius 2 is 1.79 bits per heavy atom. The van der Waals surface area contributed by atoms with Crippen molar-refractivity contribution in [3.63, 3.8) is 0 Å². The van der Waals surface area contributed by atoms with Crippen LogP contribution in [0.2, 0.25) is 0 Å². The van der Waals surface area contributed by atoms with Crippen LogP contribution in [0.1, 0.15) is 38.3 Å². The lowest BCUT2D eigenvalue weighted by Crippen LogP contribution is -2.50. The fourth-order valence-corrected chi connectivity index (χ4v) is 4.03. The van der Waals surface area contributed by atoms with E-state index in [1.54, 1.807) is 11.8 Å². The summed E-state index contributed by atoms with van der Waals surface area (Å²) in [5.74, 6) is -1.08. The van der Waals surface area contributed by atoms with Crippen LogP contribution in [0.25, 0.3) is 11.0 Å². The molecule has 0 fully saturated rings. The fourth-order valence-electron chi connectivity index (χ4n) is 4.03. The number of nitrogens with zero attached hydrogens (tertiary/aromatic N) is 3. The molecule has 2 atom stereocenters. The number of anilines is 1. The average molecular weight is 391 g/mol. The largest absolute Gasteiger partial charge is 0.465 e. The van der Waals surface area contributed by atoms with Gasteiger partial charge in [-0.15, -0.1) is 0 Å². The minimum absolute atomic E-state index is 0.233. The molecule has 0 unspecified atom stereocenters. The van der Waals surface area contributed by atoms with E-state index < -0.39 is 17.9 Å². The number of amides is 1. The van der Waals surface area contributed by atoms with Crippen LogP contribution in [0.15, 0.2) is 54.6 Å². The Labute approximate surface area is 170 Å². The quantitative estimate of drug-likeness (QED) is 0.471. The maximum absolute atomic E-state index is 13.5. The number of unbranched alkanes of at least 4 members (excludes halogenated alkanes) is 1. The Hall–Kier alpha value is -3.15. The molecule has 1 amide bonds. The minimum Gasteiger partial charge on any atom is -0.465 e. The second-order valence-electron chi connectivity index (χ2n) is 7.20. The van der Waals surface area contributed by atoms with Gasteiger partial charge in [-0.05, 0) is 31.0 Å². The third kappa shape index (κ3) is 3.28. The van der Waals surface area contributed by atoms with Crippen LogP contribution in [0, 0.1) is 5.92 Å². The van der Waals surface area contributed by atoms with Crippen molar-refractivity contribution in [2.75, 3.05) is 18.1 Å². The molecule has 1 aliphatic heterocycles. The number of hydrogen-bond acceptors (Lipinski definition) is 4. The lowest BCUT2D eigenvalue weighted by Gasteiger charge is -2.38. The SMILES string of the molecule is CCCCN1C(=O)[C@H](C(=O)OCC)[C@H](c2ccccc2)n2c1nc1ccccc12. The zero-order valence-electron chi connectivity index (χ0n) is 16.7. The van der Waals surface area contributed by atoms with Crippen LogP contribution in [-0.4, -0.2) is 34.6 Å². The summed E-state index contributed by atoms with van der Waals surface area (Å²) in [7, 11) is 0. The summed E-state index contributed by atoms with van der Waals surface area (Å²) in [4.78, 5) is 32.9. The average Bonchev–Trinajstić information content (AvgIpc) is 3.12. The number of imidazole rings is 1. The van der Waals surface area contributed by atoms with Crippen molar-refractivity contribution >= 4 is 28.9 Å². The molecule has 2 aromatic carbocycles. The van der Waals surface area contributed by atoms with Crippen molar-refractivity contribution in [3.05, 3.63) is 60.2 Å². The first-order chi connectivity index (χ1) is 14.2. The van der Waals surface area contributed by atoms with E-state index in [1.165, 1.54) is 0 Å². The number of aromatic nitrogens is 2. The molecule has 1 aromatic heterocycles. The van der Waals surface area contributed by atoms with Gasteiger partial charge in [0.1, 0.15) is 0 Å². The topological polar surface area (TPSA) is 64.4 Å². The Morgan fingerprint density at radius 3 is 2.52 bits per heavy atom. The van der Waals surface area contributed by atoms with Gasteiger partial charge in [0.2, 0.25) is 11.9 Å². The van der Waals surface area contributed by atoms with Crippen LogP contribution < -0.4 is 4.90 Å². The molecule has 1 aliphatic rings. The second-order valence-corrected chi connectivity index (χ2v) is 7.20. The molecule has 6 nitrogen and oxygen atoms in total. The number of para-hydroxylation sites is 2. The fraction of sp³-hybridized carbons (Fsp3) is 0.348. The van der Waals surface area contributed by atoms with Crippen molar-refractivity contribution in [2.45, 2.75) is 32.7 Å². The zero-order valence-corrected chi connectivity index (χ0v) is 16.7. The van der Waals surface area contributed by atoms with Crippen molar-refractivity contribution in [3.8, 4) is 0 Å². The first-order valence-electron chi connectivity index (χ1n) is 10.2. The van der Waals surface area contributed by atoms with Crippen LogP contribution in [0.3, 0.4) is 0 Å². The minimum atomic E-state index is -0.945. The van der Waals surface area contributed by atoms with E-state index in [9.17, 15) is 9.59 Å². The van der Waals surface area contributed by atoms with Crippen molar-refractivity contribution in [1.82, 2.24) is 9.55 Å². The van der Waals surface area contributed by atoms with E-state index in [0.717, 1.165) is 29.4 Å². The van der Waals surface area contributed by atoms with E-state index in [1.807, 2.05) is 59.2 Å². The number of carbonyl (C=O) groups is 2. The number of esters is 1. The molecule has 0 saturated heterocycles. The van der Waals surface area contributed by atoms with Gasteiger partial charge in [0.05, 0.1) is 23.7 Å². The molecule has 150 valence electrons. The number of hydrogen-bond donors (Lipinski definition) is 0. The van der Waals surface area contributed by atoms with E-state index >= 15 is 0 Å². The maximum atomic E-state index is 13.5. The van der Waals surface area contributed by atoms with E-state index in [0.29, 0.717) is 12.5 Å². The van der Waals surface area contributed by atoms with Gasteiger partial charge >= 0.3 is 5.97 Å². The lowest BCUT2D eigenvalue weighted by molar-refractivity contribution is -0.153. The Kier molecular flexibility index (Phi) is 5.34. The summed E-state index contributed by atoms with van der Waals surface area (Å²) in [6.45, 7) is 4.59. The molecular weight excluding hydrogens is 366 g/mol. The predicted octanol–water partition coefficient (Wildman–Crippen LogP) is 3.95. The Morgan fingerprint density at radius 1 is 1.07 bits per heavy atom. The van der Waals surface area contributed by atoms with Gasteiger partial charge in [0, 0.05) is 6.54 Å². The molecule has 4 rings (SSSR count). The molecule has 0 saturated carbocycles. The van der Waals surface area contributed by atoms with E-state index in [2.05, 4.69) is 6.92 Å². The third-order valence-electron chi connectivity index (χ3n) is 5.36. The summed E-state index contributed by atoms with van der Waals surface area (Å²) in [6, 6.07) is 17.0. The highest BCUT2D eigenvalue weighted by Crippen LogP contribution is 2.41. The summed E-state index contributed by atoms with van der Waals surface area (Å²) >= 11 is 0. The number of fused-ring (bicyclic) bond motifs is 3. The maximum Gasteiger partial charge on any atom is 0.321 e. The Balaban J connectivity index is 1.97. The van der Waals surface area contributed by atoms with Crippen molar-refractivity contribution in [1.29, 1.82) is 0 Å². The summed E-state index contributed by atoms with van der Waals surface area (Å²) in [5, 5.41) is 0. The zero-order chi connectivity index (χ0) is 20.4.